The Bertz CT molecular complexity index is 359. The van der Waals surface area contributed by atoms with Crippen LogP contribution in [-0.2, 0) is 9.53 Å². The molecule has 0 bridgehead atoms. The molecule has 0 aliphatic rings. The van der Waals surface area contributed by atoms with Gasteiger partial charge < -0.3 is 20.1 Å². The van der Waals surface area contributed by atoms with Crippen LogP contribution in [-0.4, -0.2) is 28.9 Å². The van der Waals surface area contributed by atoms with Gasteiger partial charge in [0.15, 0.2) is 0 Å². The zero-order valence-corrected chi connectivity index (χ0v) is 8.85. The van der Waals surface area contributed by atoms with Gasteiger partial charge in [-0.2, -0.15) is 0 Å². The SMILES string of the molecule is COC(=O)[C@@](C)(N)[C@@H](O)c1cc(C)on1. The van der Waals surface area contributed by atoms with Crippen LogP contribution in [0.5, 0.6) is 0 Å². The Labute approximate surface area is 87.0 Å². The summed E-state index contributed by atoms with van der Waals surface area (Å²) in [4.78, 5) is 11.3. The van der Waals surface area contributed by atoms with E-state index in [2.05, 4.69) is 9.89 Å². The van der Waals surface area contributed by atoms with Crippen LogP contribution in [0.4, 0.5) is 0 Å². The summed E-state index contributed by atoms with van der Waals surface area (Å²) in [6.45, 7) is 3.04. The average molecular weight is 214 g/mol. The minimum Gasteiger partial charge on any atom is -0.468 e. The maximum atomic E-state index is 11.3. The number of aromatic nitrogens is 1. The van der Waals surface area contributed by atoms with Gasteiger partial charge in [0, 0.05) is 6.07 Å². The summed E-state index contributed by atoms with van der Waals surface area (Å²) in [5, 5.41) is 13.4. The zero-order valence-electron chi connectivity index (χ0n) is 8.85. The molecule has 6 heteroatoms. The van der Waals surface area contributed by atoms with Crippen molar-refractivity contribution in [2.75, 3.05) is 7.11 Å². The van der Waals surface area contributed by atoms with Gasteiger partial charge in [0.2, 0.25) is 0 Å². The topological polar surface area (TPSA) is 98.6 Å². The minimum absolute atomic E-state index is 0.211. The van der Waals surface area contributed by atoms with Crippen molar-refractivity contribution in [2.24, 2.45) is 5.73 Å². The Morgan fingerprint density at radius 3 is 2.80 bits per heavy atom. The number of esters is 1. The molecule has 0 radical (unpaired) electrons. The van der Waals surface area contributed by atoms with Gasteiger partial charge in [-0.1, -0.05) is 5.16 Å². The summed E-state index contributed by atoms with van der Waals surface area (Å²) in [5.74, 6) is -0.180. The molecule has 1 rings (SSSR count). The van der Waals surface area contributed by atoms with Crippen LogP contribution in [0.1, 0.15) is 24.5 Å². The Morgan fingerprint density at radius 2 is 2.40 bits per heavy atom. The molecule has 1 aromatic rings. The number of ether oxygens (including phenoxy) is 1. The summed E-state index contributed by atoms with van der Waals surface area (Å²) in [5.41, 5.74) is 4.32. The van der Waals surface area contributed by atoms with Crippen molar-refractivity contribution < 1.29 is 19.2 Å². The summed E-state index contributed by atoms with van der Waals surface area (Å²) in [6, 6.07) is 1.51. The van der Waals surface area contributed by atoms with Crippen LogP contribution in [0, 0.1) is 6.92 Å². The molecule has 0 saturated carbocycles. The number of carbonyl (C=O) groups is 1. The molecule has 0 aliphatic heterocycles. The van der Waals surface area contributed by atoms with Crippen LogP contribution in [0.15, 0.2) is 10.6 Å². The predicted molar refractivity (Wildman–Crippen MR) is 50.8 cm³/mol. The van der Waals surface area contributed by atoms with E-state index in [1.807, 2.05) is 0 Å². The smallest absolute Gasteiger partial charge is 0.328 e. The van der Waals surface area contributed by atoms with Crippen molar-refractivity contribution in [1.82, 2.24) is 5.16 Å². The molecule has 2 atom stereocenters. The van der Waals surface area contributed by atoms with E-state index in [9.17, 15) is 9.90 Å². The molecule has 15 heavy (non-hydrogen) atoms. The number of rotatable bonds is 3. The Kier molecular flexibility index (Phi) is 3.11. The number of hydrogen-bond donors (Lipinski definition) is 2. The highest BCUT2D eigenvalue weighted by atomic mass is 16.5. The van der Waals surface area contributed by atoms with Crippen LogP contribution >= 0.6 is 0 Å². The maximum absolute atomic E-state index is 11.3. The summed E-state index contributed by atoms with van der Waals surface area (Å²) in [6.07, 6.45) is -1.26. The molecule has 0 aromatic carbocycles. The fourth-order valence-corrected chi connectivity index (χ4v) is 1.15. The van der Waals surface area contributed by atoms with Crippen molar-refractivity contribution >= 4 is 5.97 Å². The van der Waals surface area contributed by atoms with Crippen LogP contribution in [0.3, 0.4) is 0 Å². The normalized spacial score (nSPS) is 16.9. The lowest BCUT2D eigenvalue weighted by molar-refractivity contribution is -0.151. The maximum Gasteiger partial charge on any atom is 0.328 e. The predicted octanol–water partition coefficient (Wildman–Crippen LogP) is -0.0932. The first-order chi connectivity index (χ1) is 6.89. The first-order valence-corrected chi connectivity index (χ1v) is 4.38. The molecule has 1 aromatic heterocycles. The summed E-state index contributed by atoms with van der Waals surface area (Å²) in [7, 11) is 1.20. The number of carbonyl (C=O) groups excluding carboxylic acids is 1. The van der Waals surface area contributed by atoms with Crippen molar-refractivity contribution in [3.8, 4) is 0 Å². The van der Waals surface area contributed by atoms with E-state index in [1.165, 1.54) is 20.1 Å². The van der Waals surface area contributed by atoms with Crippen LogP contribution in [0.2, 0.25) is 0 Å². The van der Waals surface area contributed by atoms with E-state index in [-0.39, 0.29) is 5.69 Å². The Morgan fingerprint density at radius 1 is 1.80 bits per heavy atom. The lowest BCUT2D eigenvalue weighted by atomic mass is 9.94. The number of aliphatic hydroxyl groups excluding tert-OH is 1. The Balaban J connectivity index is 2.93. The second kappa shape index (κ2) is 4.00. The van der Waals surface area contributed by atoms with E-state index in [4.69, 9.17) is 10.3 Å². The van der Waals surface area contributed by atoms with Gasteiger partial charge in [0.05, 0.1) is 7.11 Å². The Hall–Kier alpha value is -1.40. The van der Waals surface area contributed by atoms with Crippen molar-refractivity contribution in [3.63, 3.8) is 0 Å². The second-order valence-electron chi connectivity index (χ2n) is 3.54. The number of aliphatic hydroxyl groups is 1. The quantitative estimate of drug-likeness (QED) is 0.682. The first-order valence-electron chi connectivity index (χ1n) is 4.38. The van der Waals surface area contributed by atoms with Gasteiger partial charge in [-0.3, -0.25) is 0 Å². The third-order valence-corrected chi connectivity index (χ3v) is 2.12. The molecule has 0 fully saturated rings. The number of methoxy groups -OCH3 is 1. The average Bonchev–Trinajstić information content (AvgIpc) is 2.62. The van der Waals surface area contributed by atoms with Gasteiger partial charge in [-0.15, -0.1) is 0 Å². The number of nitrogens with two attached hydrogens (primary N) is 1. The van der Waals surface area contributed by atoms with Crippen LogP contribution in [0.25, 0.3) is 0 Å². The highest BCUT2D eigenvalue weighted by Gasteiger charge is 2.40. The van der Waals surface area contributed by atoms with E-state index in [0.29, 0.717) is 5.76 Å². The van der Waals surface area contributed by atoms with E-state index >= 15 is 0 Å². The monoisotopic (exact) mass is 214 g/mol. The van der Waals surface area contributed by atoms with Crippen molar-refractivity contribution in [2.45, 2.75) is 25.5 Å². The van der Waals surface area contributed by atoms with Gasteiger partial charge in [-0.25, -0.2) is 4.79 Å². The van der Waals surface area contributed by atoms with Gasteiger partial charge in [-0.05, 0) is 13.8 Å². The van der Waals surface area contributed by atoms with E-state index in [0.717, 1.165) is 0 Å². The first kappa shape index (κ1) is 11.7. The van der Waals surface area contributed by atoms with Gasteiger partial charge in [0.1, 0.15) is 23.1 Å². The third-order valence-electron chi connectivity index (χ3n) is 2.12. The third kappa shape index (κ3) is 2.16. The van der Waals surface area contributed by atoms with Crippen LogP contribution < -0.4 is 5.73 Å². The molecule has 0 amide bonds. The second-order valence-corrected chi connectivity index (χ2v) is 3.54. The zero-order chi connectivity index (χ0) is 11.6. The molecular formula is C9H14N2O4. The molecule has 0 aliphatic carbocycles. The number of hydrogen-bond acceptors (Lipinski definition) is 6. The standard InChI is InChI=1S/C9H14N2O4/c1-5-4-6(11-15-5)7(12)9(2,10)8(13)14-3/h4,7,12H,10H2,1-3H3/t7-,9-/m0/s1. The molecule has 0 saturated heterocycles. The summed E-state index contributed by atoms with van der Waals surface area (Å²) >= 11 is 0. The fourth-order valence-electron chi connectivity index (χ4n) is 1.15. The van der Waals surface area contributed by atoms with Gasteiger partial charge >= 0.3 is 5.97 Å². The number of aryl methyl sites for hydroxylation is 1. The highest BCUT2D eigenvalue weighted by molar-refractivity contribution is 5.80. The minimum atomic E-state index is -1.54. The van der Waals surface area contributed by atoms with Crippen molar-refractivity contribution in [3.05, 3.63) is 17.5 Å². The molecular weight excluding hydrogens is 200 g/mol. The molecule has 0 unspecified atom stereocenters. The van der Waals surface area contributed by atoms with E-state index < -0.39 is 17.6 Å². The molecule has 1 heterocycles. The molecule has 84 valence electrons. The lowest BCUT2D eigenvalue weighted by Gasteiger charge is -2.25. The summed E-state index contributed by atoms with van der Waals surface area (Å²) < 4.78 is 9.26. The van der Waals surface area contributed by atoms with Crippen molar-refractivity contribution in [1.29, 1.82) is 0 Å². The highest BCUT2D eigenvalue weighted by Crippen LogP contribution is 2.24. The molecule has 0 spiro atoms. The number of nitrogens with zero attached hydrogens (tertiary/aromatic N) is 1. The fraction of sp³-hybridized carbons (Fsp3) is 0.556. The largest absolute Gasteiger partial charge is 0.468 e. The van der Waals surface area contributed by atoms with Gasteiger partial charge in [0.25, 0.3) is 0 Å². The molecule has 6 nitrogen and oxygen atoms in total. The molecule has 3 N–H and O–H groups in total. The van der Waals surface area contributed by atoms with E-state index in [1.54, 1.807) is 6.92 Å². The lowest BCUT2D eigenvalue weighted by Crippen LogP contribution is -2.51.